The molecule has 8 nitrogen and oxygen atoms in total. The van der Waals surface area contributed by atoms with Gasteiger partial charge in [0.1, 0.15) is 11.5 Å². The van der Waals surface area contributed by atoms with Crippen molar-refractivity contribution < 1.29 is 28.5 Å². The molecule has 0 aromatic heterocycles. The third kappa shape index (κ3) is 5.74. The zero-order valence-corrected chi connectivity index (χ0v) is 18.1. The molecule has 0 saturated carbocycles. The number of rotatable bonds is 7. The number of ether oxygens (including phenoxy) is 4. The highest BCUT2D eigenvalue weighted by atomic mass is 16.5. The first-order valence-corrected chi connectivity index (χ1v) is 10.5. The van der Waals surface area contributed by atoms with E-state index in [2.05, 4.69) is 10.6 Å². The summed E-state index contributed by atoms with van der Waals surface area (Å²) in [5, 5.41) is 5.59. The summed E-state index contributed by atoms with van der Waals surface area (Å²) in [7, 11) is 1.52. The van der Waals surface area contributed by atoms with E-state index >= 15 is 0 Å². The summed E-state index contributed by atoms with van der Waals surface area (Å²) >= 11 is 0. The van der Waals surface area contributed by atoms with Crippen LogP contribution in [0.15, 0.2) is 66.7 Å². The highest BCUT2D eigenvalue weighted by Gasteiger charge is 2.13. The summed E-state index contributed by atoms with van der Waals surface area (Å²) in [5.41, 5.74) is 1.63. The molecule has 0 aliphatic carbocycles. The molecule has 3 aromatic carbocycles. The van der Waals surface area contributed by atoms with Crippen LogP contribution in [0, 0.1) is 0 Å². The fraction of sp³-hybridized carbons (Fsp3) is 0.200. The van der Waals surface area contributed by atoms with Gasteiger partial charge in [0.2, 0.25) is 0 Å². The summed E-state index contributed by atoms with van der Waals surface area (Å²) in [5.74, 6) is 1.68. The van der Waals surface area contributed by atoms with Crippen molar-refractivity contribution in [1.29, 1.82) is 0 Å². The minimum absolute atomic E-state index is 0.165. The molecular formula is C25H24N2O6. The molecular weight excluding hydrogens is 424 g/mol. The summed E-state index contributed by atoms with van der Waals surface area (Å²) in [6, 6.07) is 19.0. The Morgan fingerprint density at radius 1 is 0.879 bits per heavy atom. The predicted molar refractivity (Wildman–Crippen MR) is 124 cm³/mol. The van der Waals surface area contributed by atoms with Gasteiger partial charge in [-0.1, -0.05) is 12.1 Å². The molecule has 4 rings (SSSR count). The van der Waals surface area contributed by atoms with Gasteiger partial charge in [-0.3, -0.25) is 9.59 Å². The largest absolute Gasteiger partial charge is 0.496 e. The Kier molecular flexibility index (Phi) is 6.94. The number of anilines is 2. The Labute approximate surface area is 191 Å². The topological polar surface area (TPSA) is 95.1 Å². The lowest BCUT2D eigenvalue weighted by molar-refractivity contribution is -0.118. The number of para-hydroxylation sites is 1. The van der Waals surface area contributed by atoms with Crippen LogP contribution in [0.4, 0.5) is 11.4 Å². The molecule has 0 spiro atoms. The fourth-order valence-electron chi connectivity index (χ4n) is 3.25. The van der Waals surface area contributed by atoms with Gasteiger partial charge in [-0.05, 0) is 48.5 Å². The molecule has 0 fully saturated rings. The van der Waals surface area contributed by atoms with Gasteiger partial charge >= 0.3 is 0 Å². The smallest absolute Gasteiger partial charge is 0.262 e. The molecule has 8 heteroatoms. The Balaban J connectivity index is 1.29. The Hall–Kier alpha value is -4.20. The molecule has 2 N–H and O–H groups in total. The number of hydrogen-bond acceptors (Lipinski definition) is 6. The van der Waals surface area contributed by atoms with Crippen LogP contribution >= 0.6 is 0 Å². The zero-order valence-electron chi connectivity index (χ0n) is 18.1. The van der Waals surface area contributed by atoms with Crippen LogP contribution in [0.2, 0.25) is 0 Å². The molecule has 33 heavy (non-hydrogen) atoms. The number of carbonyl (C=O) groups is 2. The van der Waals surface area contributed by atoms with Gasteiger partial charge in [0.05, 0.1) is 25.9 Å². The average molecular weight is 448 g/mol. The number of benzene rings is 3. The molecule has 3 aromatic rings. The lowest BCUT2D eigenvalue weighted by Gasteiger charge is -2.12. The molecule has 1 aliphatic rings. The van der Waals surface area contributed by atoms with E-state index in [0.29, 0.717) is 53.2 Å². The number of hydrogen-bond donors (Lipinski definition) is 2. The minimum atomic E-state index is -0.307. The number of nitrogens with one attached hydrogen (secondary N) is 2. The van der Waals surface area contributed by atoms with E-state index in [-0.39, 0.29) is 18.4 Å². The van der Waals surface area contributed by atoms with Gasteiger partial charge < -0.3 is 29.6 Å². The third-order valence-electron chi connectivity index (χ3n) is 4.86. The van der Waals surface area contributed by atoms with E-state index in [0.717, 1.165) is 6.42 Å². The van der Waals surface area contributed by atoms with Crippen LogP contribution in [0.25, 0.3) is 0 Å². The molecule has 2 amide bonds. The molecule has 0 radical (unpaired) electrons. The lowest BCUT2D eigenvalue weighted by atomic mass is 10.2. The standard InChI is InChI=1S/C25H24N2O6/c1-30-21-6-3-2-5-20(21)25(29)27-17-7-10-19(11-8-17)33-16-24(28)26-18-9-12-22-23(15-18)32-14-4-13-31-22/h2-3,5-12,15H,4,13-14,16H2,1H3,(H,26,28)(H,27,29). The lowest BCUT2D eigenvalue weighted by Crippen LogP contribution is -2.20. The van der Waals surface area contributed by atoms with Crippen LogP contribution in [0.3, 0.4) is 0 Å². The third-order valence-corrected chi connectivity index (χ3v) is 4.86. The summed E-state index contributed by atoms with van der Waals surface area (Å²) in [6.45, 7) is 1.01. The van der Waals surface area contributed by atoms with Crippen LogP contribution in [0.5, 0.6) is 23.0 Å². The van der Waals surface area contributed by atoms with Crippen molar-refractivity contribution in [3.8, 4) is 23.0 Å². The second kappa shape index (κ2) is 10.4. The van der Waals surface area contributed by atoms with Crippen molar-refractivity contribution in [2.75, 3.05) is 37.6 Å². The van der Waals surface area contributed by atoms with Gasteiger partial charge in [0, 0.05) is 23.9 Å². The number of fused-ring (bicyclic) bond motifs is 1. The number of carbonyl (C=O) groups excluding carboxylic acids is 2. The first-order valence-electron chi connectivity index (χ1n) is 10.5. The van der Waals surface area contributed by atoms with E-state index in [1.54, 1.807) is 66.7 Å². The zero-order chi connectivity index (χ0) is 23.0. The molecule has 0 bridgehead atoms. The van der Waals surface area contributed by atoms with Crippen molar-refractivity contribution in [3.05, 3.63) is 72.3 Å². The van der Waals surface area contributed by atoms with Gasteiger partial charge in [0.25, 0.3) is 11.8 Å². The van der Waals surface area contributed by atoms with Crippen molar-refractivity contribution >= 4 is 23.2 Å². The molecule has 0 atom stereocenters. The van der Waals surface area contributed by atoms with E-state index in [1.807, 2.05) is 0 Å². The SMILES string of the molecule is COc1ccccc1C(=O)Nc1ccc(OCC(=O)Nc2ccc3c(c2)OCCCO3)cc1. The number of amides is 2. The van der Waals surface area contributed by atoms with Gasteiger partial charge in [-0.25, -0.2) is 0 Å². The van der Waals surface area contributed by atoms with Gasteiger partial charge in [0.15, 0.2) is 18.1 Å². The van der Waals surface area contributed by atoms with Crippen LogP contribution in [-0.4, -0.2) is 38.7 Å². The Bertz CT molecular complexity index is 1130. The van der Waals surface area contributed by atoms with E-state index in [9.17, 15) is 9.59 Å². The fourth-order valence-corrected chi connectivity index (χ4v) is 3.25. The predicted octanol–water partition coefficient (Wildman–Crippen LogP) is 4.13. The van der Waals surface area contributed by atoms with Crippen molar-refractivity contribution in [2.24, 2.45) is 0 Å². The van der Waals surface area contributed by atoms with Crippen molar-refractivity contribution in [1.82, 2.24) is 0 Å². The quantitative estimate of drug-likeness (QED) is 0.565. The first-order chi connectivity index (χ1) is 16.1. The van der Waals surface area contributed by atoms with Crippen LogP contribution in [-0.2, 0) is 4.79 Å². The molecule has 0 saturated heterocycles. The first kappa shape index (κ1) is 22.0. The highest BCUT2D eigenvalue weighted by Crippen LogP contribution is 2.32. The normalized spacial score (nSPS) is 12.3. The second-order valence-electron chi connectivity index (χ2n) is 7.23. The van der Waals surface area contributed by atoms with E-state index in [1.165, 1.54) is 7.11 Å². The summed E-state index contributed by atoms with van der Waals surface area (Å²) < 4.78 is 22.0. The van der Waals surface area contributed by atoms with Crippen molar-refractivity contribution in [3.63, 3.8) is 0 Å². The Morgan fingerprint density at radius 2 is 1.61 bits per heavy atom. The van der Waals surface area contributed by atoms with Crippen LogP contribution in [0.1, 0.15) is 16.8 Å². The van der Waals surface area contributed by atoms with E-state index in [4.69, 9.17) is 18.9 Å². The van der Waals surface area contributed by atoms with Gasteiger partial charge in [-0.2, -0.15) is 0 Å². The summed E-state index contributed by atoms with van der Waals surface area (Å²) in [4.78, 5) is 24.8. The maximum absolute atomic E-state index is 12.5. The van der Waals surface area contributed by atoms with E-state index < -0.39 is 0 Å². The molecule has 170 valence electrons. The Morgan fingerprint density at radius 3 is 2.39 bits per heavy atom. The minimum Gasteiger partial charge on any atom is -0.496 e. The molecule has 1 aliphatic heterocycles. The van der Waals surface area contributed by atoms with Crippen molar-refractivity contribution in [2.45, 2.75) is 6.42 Å². The highest BCUT2D eigenvalue weighted by molar-refractivity contribution is 6.06. The maximum Gasteiger partial charge on any atom is 0.262 e. The molecule has 0 unspecified atom stereocenters. The van der Waals surface area contributed by atoms with Crippen LogP contribution < -0.4 is 29.6 Å². The second-order valence-corrected chi connectivity index (χ2v) is 7.23. The monoisotopic (exact) mass is 448 g/mol. The average Bonchev–Trinajstić information content (AvgIpc) is 3.08. The molecule has 1 heterocycles. The van der Waals surface area contributed by atoms with Gasteiger partial charge in [-0.15, -0.1) is 0 Å². The number of methoxy groups -OCH3 is 1. The summed E-state index contributed by atoms with van der Waals surface area (Å²) in [6.07, 6.45) is 0.813. The maximum atomic E-state index is 12.5.